The molecule has 1 aromatic carbocycles. The molecule has 27 heavy (non-hydrogen) atoms. The summed E-state index contributed by atoms with van der Waals surface area (Å²) in [5, 5.41) is 9.06. The number of benzene rings is 1. The van der Waals surface area contributed by atoms with E-state index >= 15 is 0 Å². The monoisotopic (exact) mass is 403 g/mol. The zero-order chi connectivity index (χ0) is 20.0. The number of hydrogen-bond donors (Lipinski definition) is 1. The summed E-state index contributed by atoms with van der Waals surface area (Å²) in [6.07, 6.45) is -3.67. The molecular weight excluding hydrogens is 391 g/mol. The van der Waals surface area contributed by atoms with Crippen molar-refractivity contribution >= 4 is 15.7 Å². The van der Waals surface area contributed by atoms with Gasteiger partial charge < -0.3 is 9.47 Å². The number of halogens is 3. The molecule has 0 fully saturated rings. The highest BCUT2D eigenvalue weighted by molar-refractivity contribution is 7.89. The number of aromatic nitrogens is 4. The van der Waals surface area contributed by atoms with Gasteiger partial charge in [-0.3, -0.25) is 0 Å². The van der Waals surface area contributed by atoms with Crippen LogP contribution >= 0.6 is 0 Å². The number of rotatable bonds is 4. The van der Waals surface area contributed by atoms with Crippen LogP contribution in [0.2, 0.25) is 0 Å². The van der Waals surface area contributed by atoms with Gasteiger partial charge in [0.25, 0.3) is 0 Å². The summed E-state index contributed by atoms with van der Waals surface area (Å²) in [5.74, 6) is -0.173. The van der Waals surface area contributed by atoms with Gasteiger partial charge in [0.15, 0.2) is 11.6 Å². The number of methoxy groups -OCH3 is 2. The van der Waals surface area contributed by atoms with Gasteiger partial charge >= 0.3 is 12.2 Å². The zero-order valence-corrected chi connectivity index (χ0v) is 14.7. The first-order valence-corrected chi connectivity index (χ1v) is 8.69. The Morgan fingerprint density at radius 1 is 1.19 bits per heavy atom. The lowest BCUT2D eigenvalue weighted by Crippen LogP contribution is -2.20. The highest BCUT2D eigenvalue weighted by atomic mass is 32.2. The number of sulfonamides is 1. The highest BCUT2D eigenvalue weighted by Gasteiger charge is 2.38. The topological polar surface area (TPSA) is 122 Å². The summed E-state index contributed by atoms with van der Waals surface area (Å²) >= 11 is 0. The fourth-order valence-electron chi connectivity index (χ4n) is 2.47. The summed E-state index contributed by atoms with van der Waals surface area (Å²) in [5.41, 5.74) is -1.77. The Balaban J connectivity index is 2.38. The van der Waals surface area contributed by atoms with Crippen LogP contribution in [0.5, 0.6) is 11.8 Å². The molecule has 2 heterocycles. The largest absolute Gasteiger partial charge is 0.491 e. The van der Waals surface area contributed by atoms with E-state index < -0.39 is 32.2 Å². The summed E-state index contributed by atoms with van der Waals surface area (Å²) in [6, 6.07) is 2.73. The van der Waals surface area contributed by atoms with Gasteiger partial charge in [-0.25, -0.2) is 18.5 Å². The third-order valence-corrected chi connectivity index (χ3v) is 4.56. The molecule has 2 aromatic heterocycles. The van der Waals surface area contributed by atoms with Crippen molar-refractivity contribution < 1.29 is 31.1 Å². The van der Waals surface area contributed by atoms with E-state index in [1.807, 2.05) is 0 Å². The van der Waals surface area contributed by atoms with E-state index in [1.165, 1.54) is 20.4 Å². The number of hydrogen-bond acceptors (Lipinski definition) is 7. The molecule has 0 atom stereocenters. The molecular formula is C14H12F3N5O4S. The van der Waals surface area contributed by atoms with Crippen molar-refractivity contribution in [3.05, 3.63) is 30.0 Å². The molecule has 0 aliphatic carbocycles. The van der Waals surface area contributed by atoms with Gasteiger partial charge in [-0.1, -0.05) is 6.07 Å². The maximum atomic E-state index is 13.3. The molecule has 0 aliphatic rings. The van der Waals surface area contributed by atoms with E-state index in [0.717, 1.165) is 16.6 Å². The van der Waals surface area contributed by atoms with Crippen molar-refractivity contribution in [1.29, 1.82) is 0 Å². The highest BCUT2D eigenvalue weighted by Crippen LogP contribution is 2.38. The van der Waals surface area contributed by atoms with Crippen molar-refractivity contribution in [2.75, 3.05) is 14.2 Å². The van der Waals surface area contributed by atoms with E-state index in [4.69, 9.17) is 14.6 Å². The van der Waals surface area contributed by atoms with Crippen LogP contribution in [-0.2, 0) is 16.2 Å². The van der Waals surface area contributed by atoms with Crippen molar-refractivity contribution in [2.45, 2.75) is 11.1 Å². The van der Waals surface area contributed by atoms with Crippen molar-refractivity contribution in [1.82, 2.24) is 19.6 Å². The number of primary sulfonamides is 1. The van der Waals surface area contributed by atoms with E-state index in [9.17, 15) is 21.6 Å². The van der Waals surface area contributed by atoms with E-state index in [2.05, 4.69) is 15.1 Å². The average Bonchev–Trinajstić information content (AvgIpc) is 3.04. The average molecular weight is 403 g/mol. The summed E-state index contributed by atoms with van der Waals surface area (Å²) in [4.78, 5) is 6.88. The maximum absolute atomic E-state index is 13.3. The Morgan fingerprint density at radius 2 is 1.89 bits per heavy atom. The SMILES string of the molecule is COc1cnc(OC)n2nc(-c3cccc(C(F)(F)F)c3S(N)(=O)=O)nc12. The van der Waals surface area contributed by atoms with E-state index in [1.54, 1.807) is 0 Å². The van der Waals surface area contributed by atoms with Gasteiger partial charge in [0.2, 0.25) is 15.7 Å². The van der Waals surface area contributed by atoms with Crippen LogP contribution in [-0.4, -0.2) is 42.2 Å². The van der Waals surface area contributed by atoms with Crippen LogP contribution in [0.25, 0.3) is 17.0 Å². The Labute approximate surface area is 150 Å². The Bertz CT molecular complexity index is 1090. The van der Waals surface area contributed by atoms with E-state index in [-0.39, 0.29) is 23.2 Å². The van der Waals surface area contributed by atoms with Crippen LogP contribution in [0.1, 0.15) is 5.56 Å². The second-order valence-corrected chi connectivity index (χ2v) is 6.71. The second-order valence-electron chi connectivity index (χ2n) is 5.21. The van der Waals surface area contributed by atoms with Crippen LogP contribution in [0.3, 0.4) is 0 Å². The molecule has 13 heteroatoms. The first-order valence-electron chi connectivity index (χ1n) is 7.15. The molecule has 0 aliphatic heterocycles. The minimum Gasteiger partial charge on any atom is -0.491 e. The summed E-state index contributed by atoms with van der Waals surface area (Å²) < 4.78 is 74.9. The third-order valence-electron chi connectivity index (χ3n) is 3.55. The molecule has 0 amide bonds. The summed E-state index contributed by atoms with van der Waals surface area (Å²) in [7, 11) is -2.12. The van der Waals surface area contributed by atoms with Crippen LogP contribution in [0, 0.1) is 0 Å². The number of fused-ring (bicyclic) bond motifs is 1. The predicted molar refractivity (Wildman–Crippen MR) is 85.7 cm³/mol. The maximum Gasteiger partial charge on any atom is 0.417 e. The van der Waals surface area contributed by atoms with Gasteiger partial charge in [-0.05, 0) is 12.1 Å². The van der Waals surface area contributed by atoms with Gasteiger partial charge in [0.05, 0.1) is 26.0 Å². The Morgan fingerprint density at radius 3 is 2.44 bits per heavy atom. The van der Waals surface area contributed by atoms with Gasteiger partial charge in [-0.2, -0.15) is 22.7 Å². The first-order chi connectivity index (χ1) is 12.6. The smallest absolute Gasteiger partial charge is 0.417 e. The lowest BCUT2D eigenvalue weighted by atomic mass is 10.1. The van der Waals surface area contributed by atoms with Crippen molar-refractivity contribution in [3.63, 3.8) is 0 Å². The lowest BCUT2D eigenvalue weighted by Gasteiger charge is -2.13. The Hall–Kier alpha value is -2.93. The normalized spacial score (nSPS) is 12.4. The quantitative estimate of drug-likeness (QED) is 0.700. The molecule has 144 valence electrons. The zero-order valence-electron chi connectivity index (χ0n) is 13.9. The minimum absolute atomic E-state index is 0.0336. The second kappa shape index (κ2) is 6.35. The number of ether oxygens (including phenoxy) is 2. The molecule has 0 bridgehead atoms. The predicted octanol–water partition coefficient (Wildman–Crippen LogP) is 1.47. The third kappa shape index (κ3) is 3.26. The molecule has 3 aromatic rings. The van der Waals surface area contributed by atoms with Gasteiger partial charge in [-0.15, -0.1) is 5.10 Å². The molecule has 0 saturated carbocycles. The van der Waals surface area contributed by atoms with Crippen molar-refractivity contribution in [2.24, 2.45) is 5.14 Å². The van der Waals surface area contributed by atoms with Crippen LogP contribution in [0.4, 0.5) is 13.2 Å². The lowest BCUT2D eigenvalue weighted by molar-refractivity contribution is -0.139. The van der Waals surface area contributed by atoms with E-state index in [0.29, 0.717) is 6.07 Å². The molecule has 0 radical (unpaired) electrons. The van der Waals surface area contributed by atoms with Crippen LogP contribution in [0.15, 0.2) is 29.3 Å². The molecule has 3 rings (SSSR count). The minimum atomic E-state index is -4.95. The summed E-state index contributed by atoms with van der Waals surface area (Å²) in [6.45, 7) is 0. The van der Waals surface area contributed by atoms with Gasteiger partial charge in [0.1, 0.15) is 4.90 Å². The fraction of sp³-hybridized carbons (Fsp3) is 0.214. The standard InChI is InChI=1S/C14H12F3N5O4S/c1-25-9-6-19-13(26-2)22-12(9)20-11(21-22)7-4-3-5-8(14(15,16)17)10(7)27(18,23)24/h3-6H,1-2H3,(H2,18,23,24). The Kier molecular flexibility index (Phi) is 4.43. The molecule has 0 spiro atoms. The number of nitrogens with two attached hydrogens (primary N) is 1. The molecule has 0 saturated heterocycles. The fourth-order valence-corrected chi connectivity index (χ4v) is 3.43. The molecule has 9 nitrogen and oxygen atoms in total. The van der Waals surface area contributed by atoms with Crippen LogP contribution < -0.4 is 14.6 Å². The molecule has 0 unspecified atom stereocenters. The molecule has 2 N–H and O–H groups in total. The first kappa shape index (κ1) is 18.8. The van der Waals surface area contributed by atoms with Gasteiger partial charge in [0, 0.05) is 5.56 Å². The number of alkyl halides is 3. The number of nitrogens with zero attached hydrogens (tertiary/aromatic N) is 4. The van der Waals surface area contributed by atoms with Crippen molar-refractivity contribution in [3.8, 4) is 23.1 Å².